The number of nitrogens with one attached hydrogen (secondary N) is 1. The van der Waals surface area contributed by atoms with Crippen molar-refractivity contribution in [3.05, 3.63) is 50.6 Å². The number of benzene rings is 1. The minimum absolute atomic E-state index is 0.118. The molecule has 1 heterocycles. The summed E-state index contributed by atoms with van der Waals surface area (Å²) in [7, 11) is -4.13. The molecule has 2 aromatic rings. The molecule has 0 aliphatic carbocycles. The molecule has 0 amide bonds. The van der Waals surface area contributed by atoms with Gasteiger partial charge >= 0.3 is 0 Å². The lowest BCUT2D eigenvalue weighted by molar-refractivity contribution is -0.385. The normalized spacial score (nSPS) is 11.7. The molecule has 8 nitrogen and oxygen atoms in total. The van der Waals surface area contributed by atoms with Gasteiger partial charge in [-0.05, 0) is 26.8 Å². The summed E-state index contributed by atoms with van der Waals surface area (Å²) in [6.45, 7) is 4.37. The highest BCUT2D eigenvalue weighted by Crippen LogP contribution is 2.25. The maximum atomic E-state index is 13.8. The van der Waals surface area contributed by atoms with Crippen molar-refractivity contribution in [3.63, 3.8) is 0 Å². The van der Waals surface area contributed by atoms with Crippen molar-refractivity contribution in [3.8, 4) is 0 Å². The van der Waals surface area contributed by atoms with E-state index in [-0.39, 0.29) is 12.1 Å². The summed E-state index contributed by atoms with van der Waals surface area (Å²) in [5, 5.41) is 14.6. The van der Waals surface area contributed by atoms with Crippen molar-refractivity contribution in [2.24, 2.45) is 0 Å². The van der Waals surface area contributed by atoms with E-state index in [1.807, 2.05) is 0 Å². The molecule has 0 spiro atoms. The number of nitro benzene ring substituents is 1. The molecule has 1 aromatic carbocycles. The Morgan fingerprint density at radius 2 is 2.00 bits per heavy atom. The minimum Gasteiger partial charge on any atom is -0.361 e. The largest absolute Gasteiger partial charge is 0.361 e. The first-order valence-electron chi connectivity index (χ1n) is 6.49. The Kier molecular flexibility index (Phi) is 4.48. The van der Waals surface area contributed by atoms with Crippen LogP contribution in [0.25, 0.3) is 0 Å². The molecular weight excluding hydrogens is 329 g/mol. The third-order valence-corrected chi connectivity index (χ3v) is 4.80. The Morgan fingerprint density at radius 3 is 2.52 bits per heavy atom. The highest BCUT2D eigenvalue weighted by atomic mass is 32.2. The predicted octanol–water partition coefficient (Wildman–Crippen LogP) is 2.13. The fraction of sp³-hybridized carbons (Fsp3) is 0.308. The first-order valence-corrected chi connectivity index (χ1v) is 7.97. The van der Waals surface area contributed by atoms with Crippen LogP contribution in [0.4, 0.5) is 10.1 Å². The smallest absolute Gasteiger partial charge is 0.276 e. The zero-order valence-corrected chi connectivity index (χ0v) is 13.4. The van der Waals surface area contributed by atoms with E-state index in [1.165, 1.54) is 6.92 Å². The van der Waals surface area contributed by atoms with E-state index in [9.17, 15) is 22.9 Å². The molecule has 0 radical (unpaired) electrons. The topological polar surface area (TPSA) is 115 Å². The number of aromatic nitrogens is 1. The molecule has 0 saturated carbocycles. The summed E-state index contributed by atoms with van der Waals surface area (Å²) in [5.41, 5.74) is 0.254. The molecule has 0 aliphatic heterocycles. The Labute approximate surface area is 131 Å². The molecule has 0 unspecified atom stereocenters. The summed E-state index contributed by atoms with van der Waals surface area (Å²) in [6, 6.07) is 1.58. The van der Waals surface area contributed by atoms with Gasteiger partial charge in [-0.1, -0.05) is 5.16 Å². The number of rotatable bonds is 5. The van der Waals surface area contributed by atoms with Crippen molar-refractivity contribution in [1.29, 1.82) is 0 Å². The Bertz CT molecular complexity index is 856. The second-order valence-corrected chi connectivity index (χ2v) is 6.70. The molecule has 0 bridgehead atoms. The van der Waals surface area contributed by atoms with Crippen molar-refractivity contribution in [2.45, 2.75) is 32.2 Å². The quantitative estimate of drug-likeness (QED) is 0.657. The van der Waals surface area contributed by atoms with E-state index < -0.39 is 31.3 Å². The van der Waals surface area contributed by atoms with Crippen molar-refractivity contribution in [1.82, 2.24) is 9.88 Å². The number of aryl methyl sites for hydroxylation is 2. The van der Waals surface area contributed by atoms with Crippen LogP contribution in [0.15, 0.2) is 21.6 Å². The second-order valence-electron chi connectivity index (χ2n) is 4.93. The molecule has 124 valence electrons. The van der Waals surface area contributed by atoms with Gasteiger partial charge < -0.3 is 4.52 Å². The maximum Gasteiger partial charge on any atom is 0.276 e. The summed E-state index contributed by atoms with van der Waals surface area (Å²) < 4.78 is 45.4. The summed E-state index contributed by atoms with van der Waals surface area (Å²) in [4.78, 5) is 9.55. The van der Waals surface area contributed by atoms with Crippen LogP contribution >= 0.6 is 0 Å². The van der Waals surface area contributed by atoms with Gasteiger partial charge in [-0.15, -0.1) is 0 Å². The van der Waals surface area contributed by atoms with Crippen molar-refractivity contribution < 1.29 is 22.3 Å². The van der Waals surface area contributed by atoms with Gasteiger partial charge in [0, 0.05) is 18.2 Å². The number of nitro groups is 1. The summed E-state index contributed by atoms with van der Waals surface area (Å²) in [6.07, 6.45) is 0. The molecule has 23 heavy (non-hydrogen) atoms. The third-order valence-electron chi connectivity index (χ3n) is 3.42. The van der Waals surface area contributed by atoms with Gasteiger partial charge in [0.15, 0.2) is 0 Å². The number of hydrogen-bond acceptors (Lipinski definition) is 6. The fourth-order valence-electron chi connectivity index (χ4n) is 1.99. The van der Waals surface area contributed by atoms with Crippen molar-refractivity contribution >= 4 is 15.7 Å². The molecule has 1 N–H and O–H groups in total. The number of nitrogens with zero attached hydrogens (tertiary/aromatic N) is 2. The molecule has 0 saturated heterocycles. The monoisotopic (exact) mass is 343 g/mol. The molecule has 0 aliphatic rings. The van der Waals surface area contributed by atoms with Crippen LogP contribution in [-0.4, -0.2) is 18.5 Å². The van der Waals surface area contributed by atoms with E-state index in [4.69, 9.17) is 4.52 Å². The van der Waals surface area contributed by atoms with Crippen molar-refractivity contribution in [2.75, 3.05) is 0 Å². The number of halogens is 1. The van der Waals surface area contributed by atoms with Gasteiger partial charge in [0.25, 0.3) is 5.69 Å². The molecular formula is C13H14FN3O5S. The Balaban J connectivity index is 2.35. The van der Waals surface area contributed by atoms with E-state index >= 15 is 0 Å². The van der Waals surface area contributed by atoms with Gasteiger partial charge in [0.1, 0.15) is 11.6 Å². The summed E-state index contributed by atoms with van der Waals surface area (Å²) >= 11 is 0. The summed E-state index contributed by atoms with van der Waals surface area (Å²) in [5.74, 6) is -0.511. The van der Waals surface area contributed by atoms with Crippen LogP contribution in [0.5, 0.6) is 0 Å². The lowest BCUT2D eigenvalue weighted by Gasteiger charge is -2.08. The first-order chi connectivity index (χ1) is 10.6. The van der Waals surface area contributed by atoms with E-state index in [2.05, 4.69) is 9.88 Å². The number of hydrogen-bond donors (Lipinski definition) is 1. The first kappa shape index (κ1) is 17.0. The van der Waals surface area contributed by atoms with Gasteiger partial charge in [0.2, 0.25) is 10.0 Å². The molecule has 2 rings (SSSR count). The van der Waals surface area contributed by atoms with Crippen LogP contribution < -0.4 is 4.72 Å². The van der Waals surface area contributed by atoms with Gasteiger partial charge in [-0.25, -0.2) is 17.5 Å². The fourth-order valence-corrected chi connectivity index (χ4v) is 3.02. The zero-order chi connectivity index (χ0) is 17.4. The van der Waals surface area contributed by atoms with Gasteiger partial charge in [-0.3, -0.25) is 10.1 Å². The van der Waals surface area contributed by atoms with E-state index in [0.29, 0.717) is 17.0 Å². The molecule has 10 heteroatoms. The average Bonchev–Trinajstić information content (AvgIpc) is 2.78. The standard InChI is InChI=1S/C13H14FN3O5S/c1-7-12(14)4-10(5-13(7)17(18)19)23(20,21)15-6-11-8(2)16-22-9(11)3/h4-5,15H,6H2,1-3H3. The van der Waals surface area contributed by atoms with Crippen LogP contribution in [-0.2, 0) is 16.6 Å². The highest BCUT2D eigenvalue weighted by Gasteiger charge is 2.23. The molecule has 1 aromatic heterocycles. The lowest BCUT2D eigenvalue weighted by Crippen LogP contribution is -2.24. The SMILES string of the molecule is Cc1noc(C)c1CNS(=O)(=O)c1cc(F)c(C)c([N+](=O)[O-])c1. The van der Waals surface area contributed by atoms with Crippen LogP contribution in [0.1, 0.15) is 22.6 Å². The van der Waals surface area contributed by atoms with Crippen LogP contribution in [0.2, 0.25) is 0 Å². The van der Waals surface area contributed by atoms with Gasteiger partial charge in [-0.2, -0.15) is 0 Å². The lowest BCUT2D eigenvalue weighted by atomic mass is 10.2. The van der Waals surface area contributed by atoms with Crippen LogP contribution in [0, 0.1) is 36.7 Å². The van der Waals surface area contributed by atoms with E-state index in [1.54, 1.807) is 13.8 Å². The minimum atomic E-state index is -4.13. The molecule has 0 fully saturated rings. The highest BCUT2D eigenvalue weighted by molar-refractivity contribution is 7.89. The Morgan fingerprint density at radius 1 is 1.35 bits per heavy atom. The number of sulfonamides is 1. The van der Waals surface area contributed by atoms with Gasteiger partial charge in [0.05, 0.1) is 21.1 Å². The van der Waals surface area contributed by atoms with Crippen LogP contribution in [0.3, 0.4) is 0 Å². The zero-order valence-electron chi connectivity index (χ0n) is 12.6. The predicted molar refractivity (Wildman–Crippen MR) is 77.8 cm³/mol. The third kappa shape index (κ3) is 3.37. The average molecular weight is 343 g/mol. The second kappa shape index (κ2) is 6.05. The molecule has 0 atom stereocenters. The maximum absolute atomic E-state index is 13.8. The van der Waals surface area contributed by atoms with E-state index in [0.717, 1.165) is 12.1 Å². The Hall–Kier alpha value is -2.33.